The lowest BCUT2D eigenvalue weighted by atomic mass is 10.1. The van der Waals surface area contributed by atoms with Crippen LogP contribution in [0.5, 0.6) is 11.5 Å². The van der Waals surface area contributed by atoms with Gasteiger partial charge in [0.25, 0.3) is 11.1 Å². The van der Waals surface area contributed by atoms with Crippen molar-refractivity contribution >= 4 is 46.2 Å². The fourth-order valence-electron chi connectivity index (χ4n) is 2.57. The summed E-state index contributed by atoms with van der Waals surface area (Å²) in [4.78, 5) is 38.7. The molecule has 0 bridgehead atoms. The SMILES string of the molecule is O=C(CCN1C(=O)S/C(=C\c2cccs2)C1=O)NCCc1ccc(O)c(O)c1. The Morgan fingerprint density at radius 1 is 1.18 bits per heavy atom. The lowest BCUT2D eigenvalue weighted by Crippen LogP contribution is -2.34. The zero-order valence-corrected chi connectivity index (χ0v) is 16.4. The minimum atomic E-state index is -0.379. The molecule has 3 amide bonds. The summed E-state index contributed by atoms with van der Waals surface area (Å²) in [6.45, 7) is 0.363. The third kappa shape index (κ3) is 4.93. The zero-order chi connectivity index (χ0) is 20.1. The number of benzene rings is 1. The van der Waals surface area contributed by atoms with Crippen LogP contribution in [0.15, 0.2) is 40.6 Å². The van der Waals surface area contributed by atoms with Crippen LogP contribution in [0.3, 0.4) is 0 Å². The van der Waals surface area contributed by atoms with E-state index in [0.29, 0.717) is 17.9 Å². The number of thiophene rings is 1. The van der Waals surface area contributed by atoms with Crippen LogP contribution in [0.4, 0.5) is 4.79 Å². The first-order valence-electron chi connectivity index (χ1n) is 8.50. The van der Waals surface area contributed by atoms with Crippen LogP contribution in [0.25, 0.3) is 6.08 Å². The molecular formula is C19H18N2O5S2. The van der Waals surface area contributed by atoms with Gasteiger partial charge in [-0.05, 0) is 53.4 Å². The van der Waals surface area contributed by atoms with E-state index in [-0.39, 0.29) is 41.5 Å². The highest BCUT2D eigenvalue weighted by Crippen LogP contribution is 2.33. The van der Waals surface area contributed by atoms with Gasteiger partial charge in [0, 0.05) is 24.4 Å². The quantitative estimate of drug-likeness (QED) is 0.471. The Morgan fingerprint density at radius 3 is 2.71 bits per heavy atom. The molecule has 146 valence electrons. The maximum absolute atomic E-state index is 12.4. The number of amides is 3. The topological polar surface area (TPSA) is 107 Å². The summed E-state index contributed by atoms with van der Waals surface area (Å²) in [6, 6.07) is 8.20. The molecule has 7 nitrogen and oxygen atoms in total. The molecule has 0 unspecified atom stereocenters. The molecule has 1 aromatic heterocycles. The maximum atomic E-state index is 12.4. The highest BCUT2D eigenvalue weighted by molar-refractivity contribution is 8.18. The Morgan fingerprint density at radius 2 is 2.00 bits per heavy atom. The molecule has 1 aliphatic heterocycles. The van der Waals surface area contributed by atoms with Crippen molar-refractivity contribution in [3.8, 4) is 11.5 Å². The number of rotatable bonds is 7. The van der Waals surface area contributed by atoms with E-state index in [1.807, 2.05) is 17.5 Å². The number of thioether (sulfide) groups is 1. The Hall–Kier alpha value is -2.78. The Kier molecular flexibility index (Phi) is 6.37. The molecule has 0 saturated carbocycles. The number of nitrogens with zero attached hydrogens (tertiary/aromatic N) is 1. The normalized spacial score (nSPS) is 15.4. The van der Waals surface area contributed by atoms with Gasteiger partial charge in [-0.2, -0.15) is 0 Å². The van der Waals surface area contributed by atoms with E-state index in [1.54, 1.807) is 12.1 Å². The van der Waals surface area contributed by atoms with E-state index in [4.69, 9.17) is 0 Å². The Labute approximate surface area is 169 Å². The van der Waals surface area contributed by atoms with Gasteiger partial charge in [0.2, 0.25) is 5.91 Å². The molecule has 2 heterocycles. The zero-order valence-electron chi connectivity index (χ0n) is 14.8. The summed E-state index contributed by atoms with van der Waals surface area (Å²) in [7, 11) is 0. The largest absolute Gasteiger partial charge is 0.504 e. The molecule has 1 aromatic carbocycles. The first-order chi connectivity index (χ1) is 13.4. The molecular weight excluding hydrogens is 400 g/mol. The molecule has 0 aliphatic carbocycles. The van der Waals surface area contributed by atoms with Gasteiger partial charge in [0.1, 0.15) is 0 Å². The van der Waals surface area contributed by atoms with Gasteiger partial charge in [-0.1, -0.05) is 12.1 Å². The molecule has 2 aromatic rings. The van der Waals surface area contributed by atoms with Crippen LogP contribution >= 0.6 is 23.1 Å². The van der Waals surface area contributed by atoms with Gasteiger partial charge < -0.3 is 15.5 Å². The van der Waals surface area contributed by atoms with Crippen LogP contribution in [0, 0.1) is 0 Å². The average Bonchev–Trinajstić information content (AvgIpc) is 3.25. The van der Waals surface area contributed by atoms with Gasteiger partial charge in [0.15, 0.2) is 11.5 Å². The van der Waals surface area contributed by atoms with Crippen molar-refractivity contribution in [3.63, 3.8) is 0 Å². The van der Waals surface area contributed by atoms with Crippen molar-refractivity contribution in [1.82, 2.24) is 10.2 Å². The number of hydrogen-bond acceptors (Lipinski definition) is 7. The predicted octanol–water partition coefficient (Wildman–Crippen LogP) is 2.94. The third-order valence-corrected chi connectivity index (χ3v) is 5.75. The lowest BCUT2D eigenvalue weighted by Gasteiger charge is -2.12. The fourth-order valence-corrected chi connectivity index (χ4v) is 4.16. The minimum Gasteiger partial charge on any atom is -0.504 e. The second-order valence-electron chi connectivity index (χ2n) is 6.02. The molecule has 3 N–H and O–H groups in total. The van der Waals surface area contributed by atoms with Gasteiger partial charge in [0.05, 0.1) is 4.91 Å². The highest BCUT2D eigenvalue weighted by atomic mass is 32.2. The summed E-state index contributed by atoms with van der Waals surface area (Å²) in [5, 5.41) is 23.0. The molecule has 1 fully saturated rings. The summed E-state index contributed by atoms with van der Waals surface area (Å²) in [5.74, 6) is -1.06. The van der Waals surface area contributed by atoms with Gasteiger partial charge in [-0.15, -0.1) is 11.3 Å². The first kappa shape index (κ1) is 20.0. The number of hydrogen-bond donors (Lipinski definition) is 3. The van der Waals surface area contributed by atoms with E-state index in [9.17, 15) is 24.6 Å². The third-order valence-electron chi connectivity index (χ3n) is 4.03. The number of phenols is 2. The fraction of sp³-hybridized carbons (Fsp3) is 0.211. The molecule has 9 heteroatoms. The minimum absolute atomic E-state index is 0.0190. The maximum Gasteiger partial charge on any atom is 0.293 e. The number of carbonyl (C=O) groups excluding carboxylic acids is 3. The number of aromatic hydroxyl groups is 2. The Bertz CT molecular complexity index is 924. The van der Waals surface area contributed by atoms with Crippen LogP contribution in [0.1, 0.15) is 16.9 Å². The molecule has 1 aliphatic rings. The smallest absolute Gasteiger partial charge is 0.293 e. The van der Waals surface area contributed by atoms with E-state index >= 15 is 0 Å². The van der Waals surface area contributed by atoms with Crippen molar-refractivity contribution in [1.29, 1.82) is 0 Å². The van der Waals surface area contributed by atoms with Gasteiger partial charge >= 0.3 is 0 Å². The number of phenolic OH excluding ortho intramolecular Hbond substituents is 2. The highest BCUT2D eigenvalue weighted by Gasteiger charge is 2.35. The van der Waals surface area contributed by atoms with Crippen molar-refractivity contribution < 1.29 is 24.6 Å². The standard InChI is InChI=1S/C19H18N2O5S2/c22-14-4-3-12(10-15(14)23)5-7-20-17(24)6-8-21-18(25)16(28-19(21)26)11-13-2-1-9-27-13/h1-4,9-11,22-23H,5-8H2,(H,20,24)/b16-11-. The number of imide groups is 1. The molecule has 28 heavy (non-hydrogen) atoms. The monoisotopic (exact) mass is 418 g/mol. The van der Waals surface area contributed by atoms with E-state index < -0.39 is 0 Å². The van der Waals surface area contributed by atoms with Crippen molar-refractivity contribution in [2.45, 2.75) is 12.8 Å². The first-order valence-corrected chi connectivity index (χ1v) is 10.2. The second-order valence-corrected chi connectivity index (χ2v) is 7.99. The lowest BCUT2D eigenvalue weighted by molar-refractivity contribution is -0.124. The van der Waals surface area contributed by atoms with Crippen LogP contribution in [0.2, 0.25) is 0 Å². The van der Waals surface area contributed by atoms with Crippen molar-refractivity contribution in [3.05, 3.63) is 51.1 Å². The number of carbonyl (C=O) groups is 3. The van der Waals surface area contributed by atoms with E-state index in [0.717, 1.165) is 27.1 Å². The molecule has 3 rings (SSSR count). The summed E-state index contributed by atoms with van der Waals surface area (Å²) in [5.41, 5.74) is 0.764. The van der Waals surface area contributed by atoms with Crippen LogP contribution in [-0.4, -0.2) is 45.3 Å². The van der Waals surface area contributed by atoms with E-state index in [2.05, 4.69) is 5.32 Å². The van der Waals surface area contributed by atoms with Crippen LogP contribution in [-0.2, 0) is 16.0 Å². The summed E-state index contributed by atoms with van der Waals surface area (Å²) < 4.78 is 0. The Balaban J connectivity index is 1.45. The summed E-state index contributed by atoms with van der Waals surface area (Å²) >= 11 is 2.35. The second kappa shape index (κ2) is 8.94. The average molecular weight is 418 g/mol. The van der Waals surface area contributed by atoms with Gasteiger partial charge in [-0.25, -0.2) is 0 Å². The van der Waals surface area contributed by atoms with E-state index in [1.165, 1.54) is 23.5 Å². The van der Waals surface area contributed by atoms with Gasteiger partial charge in [-0.3, -0.25) is 19.3 Å². The molecule has 0 radical (unpaired) electrons. The summed E-state index contributed by atoms with van der Waals surface area (Å²) in [6.07, 6.45) is 2.18. The molecule has 1 saturated heterocycles. The van der Waals surface area contributed by atoms with Crippen molar-refractivity contribution in [2.24, 2.45) is 0 Å². The molecule has 0 atom stereocenters. The number of nitrogens with one attached hydrogen (secondary N) is 1. The predicted molar refractivity (Wildman–Crippen MR) is 108 cm³/mol. The molecule has 0 spiro atoms. The van der Waals surface area contributed by atoms with Crippen LogP contribution < -0.4 is 5.32 Å². The van der Waals surface area contributed by atoms with Crippen molar-refractivity contribution in [2.75, 3.05) is 13.1 Å².